The maximum Gasteiger partial charge on any atom is 0.330 e. The summed E-state index contributed by atoms with van der Waals surface area (Å²) in [4.78, 5) is 22.9. The fourth-order valence-corrected chi connectivity index (χ4v) is 1.68. The lowest BCUT2D eigenvalue weighted by Crippen LogP contribution is -2.47. The summed E-state index contributed by atoms with van der Waals surface area (Å²) in [5.74, 6) is -1.20. The molecule has 1 aliphatic rings. The third-order valence-electron chi connectivity index (χ3n) is 2.70. The highest BCUT2D eigenvalue weighted by Crippen LogP contribution is 2.20. The average molecular weight is 231 g/mol. The smallest absolute Gasteiger partial charge is 0.330 e. The third-order valence-corrected chi connectivity index (χ3v) is 2.70. The number of amides is 1. The van der Waals surface area contributed by atoms with Gasteiger partial charge in [-0.15, -0.1) is 0 Å². The van der Waals surface area contributed by atoms with Gasteiger partial charge in [-0.25, -0.2) is 4.79 Å². The van der Waals surface area contributed by atoms with E-state index in [1.54, 1.807) is 0 Å². The van der Waals surface area contributed by atoms with Crippen LogP contribution in [-0.4, -0.2) is 49.5 Å². The van der Waals surface area contributed by atoms with E-state index in [0.717, 1.165) is 0 Å². The molecule has 3 atom stereocenters. The maximum absolute atomic E-state index is 11.7. The lowest BCUT2D eigenvalue weighted by atomic mass is 10.0. The zero-order chi connectivity index (χ0) is 12.1. The van der Waals surface area contributed by atoms with E-state index in [9.17, 15) is 9.59 Å². The van der Waals surface area contributed by atoms with Crippen molar-refractivity contribution in [2.24, 2.45) is 5.92 Å². The molecule has 1 amide bonds. The molecule has 6 nitrogen and oxygen atoms in total. The highest BCUT2D eigenvalue weighted by atomic mass is 16.5. The second kappa shape index (κ2) is 5.81. The van der Waals surface area contributed by atoms with Crippen LogP contribution in [0.4, 0.5) is 0 Å². The molecule has 1 fully saturated rings. The molecule has 1 saturated heterocycles. The van der Waals surface area contributed by atoms with Crippen molar-refractivity contribution in [1.29, 1.82) is 0 Å². The van der Waals surface area contributed by atoms with E-state index in [1.807, 2.05) is 6.92 Å². The van der Waals surface area contributed by atoms with Crippen LogP contribution in [0.3, 0.4) is 0 Å². The van der Waals surface area contributed by atoms with Gasteiger partial charge < -0.3 is 19.9 Å². The van der Waals surface area contributed by atoms with Crippen LogP contribution in [0, 0.1) is 5.92 Å². The second-order valence-electron chi connectivity index (χ2n) is 3.74. The molecule has 0 aromatic rings. The number of hydrogen-bond donors (Lipinski definition) is 2. The first kappa shape index (κ1) is 12.9. The summed E-state index contributed by atoms with van der Waals surface area (Å²) in [6, 6.07) is -0.995. The zero-order valence-electron chi connectivity index (χ0n) is 9.43. The number of aliphatic hydroxyl groups excluding tert-OH is 1. The molecule has 0 radical (unpaired) electrons. The molecule has 16 heavy (non-hydrogen) atoms. The highest BCUT2D eigenvalue weighted by Gasteiger charge is 2.33. The van der Waals surface area contributed by atoms with Gasteiger partial charge >= 0.3 is 5.97 Å². The number of aliphatic hydroxyl groups is 1. The largest absolute Gasteiger partial charge is 0.467 e. The van der Waals surface area contributed by atoms with Crippen molar-refractivity contribution < 1.29 is 24.2 Å². The van der Waals surface area contributed by atoms with E-state index in [4.69, 9.17) is 9.84 Å². The van der Waals surface area contributed by atoms with Gasteiger partial charge in [0.1, 0.15) is 0 Å². The Morgan fingerprint density at radius 2 is 2.31 bits per heavy atom. The Labute approximate surface area is 93.9 Å². The summed E-state index contributed by atoms with van der Waals surface area (Å²) < 4.78 is 9.70. The molecular weight excluding hydrogens is 214 g/mol. The number of esters is 1. The van der Waals surface area contributed by atoms with Crippen molar-refractivity contribution in [2.45, 2.75) is 25.5 Å². The monoisotopic (exact) mass is 231 g/mol. The number of methoxy groups -OCH3 is 1. The first-order valence-corrected chi connectivity index (χ1v) is 5.20. The van der Waals surface area contributed by atoms with Crippen molar-refractivity contribution in [1.82, 2.24) is 5.32 Å². The Morgan fingerprint density at radius 1 is 1.62 bits per heavy atom. The van der Waals surface area contributed by atoms with E-state index in [0.29, 0.717) is 13.0 Å². The zero-order valence-corrected chi connectivity index (χ0v) is 9.43. The predicted molar refractivity (Wildman–Crippen MR) is 54.6 cm³/mol. The van der Waals surface area contributed by atoms with Crippen molar-refractivity contribution in [2.75, 3.05) is 20.3 Å². The van der Waals surface area contributed by atoms with Crippen molar-refractivity contribution in [3.8, 4) is 0 Å². The summed E-state index contributed by atoms with van der Waals surface area (Å²) >= 11 is 0. The van der Waals surface area contributed by atoms with Crippen LogP contribution in [0.2, 0.25) is 0 Å². The first-order chi connectivity index (χ1) is 7.60. The topological polar surface area (TPSA) is 84.9 Å². The summed E-state index contributed by atoms with van der Waals surface area (Å²) in [5.41, 5.74) is 0. The molecule has 1 heterocycles. The normalized spacial score (nSPS) is 26.2. The number of rotatable bonds is 4. The van der Waals surface area contributed by atoms with Gasteiger partial charge in [0.25, 0.3) is 0 Å². The standard InChI is InChI=1S/C10H17NO5/c1-6-7(3-4-16-6)9(13)11-8(5-12)10(14)15-2/h6-8,12H,3-5H2,1-2H3,(H,11,13). The number of carbonyl (C=O) groups is 2. The maximum atomic E-state index is 11.7. The minimum absolute atomic E-state index is 0.156. The minimum Gasteiger partial charge on any atom is -0.467 e. The average Bonchev–Trinajstić information content (AvgIpc) is 2.71. The van der Waals surface area contributed by atoms with Crippen LogP contribution in [0.15, 0.2) is 0 Å². The van der Waals surface area contributed by atoms with Crippen LogP contribution in [-0.2, 0) is 19.1 Å². The predicted octanol–water partition coefficient (Wildman–Crippen LogP) is -0.938. The first-order valence-electron chi connectivity index (χ1n) is 5.20. The van der Waals surface area contributed by atoms with E-state index in [1.165, 1.54) is 7.11 Å². The molecule has 3 unspecified atom stereocenters. The van der Waals surface area contributed by atoms with Crippen LogP contribution in [0.25, 0.3) is 0 Å². The Bertz CT molecular complexity index is 268. The molecule has 6 heteroatoms. The van der Waals surface area contributed by atoms with E-state index in [2.05, 4.69) is 10.1 Å². The molecule has 0 aromatic heterocycles. The van der Waals surface area contributed by atoms with Crippen LogP contribution in [0.5, 0.6) is 0 Å². The fraction of sp³-hybridized carbons (Fsp3) is 0.800. The number of nitrogens with one attached hydrogen (secondary N) is 1. The van der Waals surface area contributed by atoms with Gasteiger partial charge in [-0.3, -0.25) is 4.79 Å². The fourth-order valence-electron chi connectivity index (χ4n) is 1.68. The van der Waals surface area contributed by atoms with Gasteiger partial charge in [-0.2, -0.15) is 0 Å². The molecule has 1 rings (SSSR count). The molecule has 1 aliphatic heterocycles. The second-order valence-corrected chi connectivity index (χ2v) is 3.74. The Balaban J connectivity index is 2.51. The van der Waals surface area contributed by atoms with Gasteiger partial charge in [0.05, 0.1) is 25.7 Å². The van der Waals surface area contributed by atoms with Crippen molar-refractivity contribution in [3.05, 3.63) is 0 Å². The van der Waals surface area contributed by atoms with Gasteiger partial charge in [0.15, 0.2) is 6.04 Å². The molecule has 0 bridgehead atoms. The molecule has 92 valence electrons. The minimum atomic E-state index is -0.995. The Hall–Kier alpha value is -1.14. The number of hydrogen-bond acceptors (Lipinski definition) is 5. The molecule has 0 aliphatic carbocycles. The lowest BCUT2D eigenvalue weighted by Gasteiger charge is -2.18. The van der Waals surface area contributed by atoms with Gasteiger partial charge in [0.2, 0.25) is 5.91 Å². The van der Waals surface area contributed by atoms with Gasteiger partial charge in [-0.1, -0.05) is 0 Å². The summed E-state index contributed by atoms with van der Waals surface area (Å²) in [6.45, 7) is 1.88. The van der Waals surface area contributed by atoms with E-state index >= 15 is 0 Å². The van der Waals surface area contributed by atoms with Crippen LogP contribution < -0.4 is 5.32 Å². The SMILES string of the molecule is COC(=O)C(CO)NC(=O)C1CCOC1C. The molecule has 0 aromatic carbocycles. The lowest BCUT2D eigenvalue weighted by molar-refractivity contribution is -0.147. The van der Waals surface area contributed by atoms with Crippen molar-refractivity contribution in [3.63, 3.8) is 0 Å². The summed E-state index contributed by atoms with van der Waals surface area (Å²) in [5, 5.41) is 11.4. The van der Waals surface area contributed by atoms with E-state index in [-0.39, 0.29) is 17.9 Å². The number of ether oxygens (including phenoxy) is 2. The van der Waals surface area contributed by atoms with Crippen LogP contribution >= 0.6 is 0 Å². The van der Waals surface area contributed by atoms with Crippen LogP contribution in [0.1, 0.15) is 13.3 Å². The molecule has 0 spiro atoms. The van der Waals surface area contributed by atoms with Gasteiger partial charge in [0, 0.05) is 6.61 Å². The summed E-state index contributed by atoms with van der Waals surface area (Å²) in [7, 11) is 1.21. The van der Waals surface area contributed by atoms with Gasteiger partial charge in [-0.05, 0) is 13.3 Å². The quantitative estimate of drug-likeness (QED) is 0.610. The highest BCUT2D eigenvalue weighted by molar-refractivity contribution is 5.86. The third kappa shape index (κ3) is 2.93. The Morgan fingerprint density at radius 3 is 2.75 bits per heavy atom. The number of carbonyl (C=O) groups excluding carboxylic acids is 2. The van der Waals surface area contributed by atoms with E-state index < -0.39 is 18.6 Å². The van der Waals surface area contributed by atoms with Crippen molar-refractivity contribution >= 4 is 11.9 Å². The molecular formula is C10H17NO5. The summed E-state index contributed by atoms with van der Waals surface area (Å²) in [6.07, 6.45) is 0.476. The molecule has 0 saturated carbocycles. The molecule has 2 N–H and O–H groups in total. The Kier molecular flexibility index (Phi) is 4.70.